The molecular weight excluding hydrogens is 412 g/mol. The van der Waals surface area contributed by atoms with E-state index in [2.05, 4.69) is 5.32 Å². The highest BCUT2D eigenvalue weighted by molar-refractivity contribution is 5.81. The molecule has 2 amide bonds. The average molecular weight is 449 g/mol. The molecule has 0 unspecified atom stereocenters. The Morgan fingerprint density at radius 1 is 1.00 bits per heavy atom. The molecule has 1 aromatic heterocycles. The number of fused-ring (bicyclic) bond motifs is 1. The zero-order valence-electron chi connectivity index (χ0n) is 20.3. The molecular formula is C27H36N4O2. The van der Waals surface area contributed by atoms with Gasteiger partial charge >= 0.3 is 0 Å². The monoisotopic (exact) mass is 448 g/mol. The van der Waals surface area contributed by atoms with Crippen molar-refractivity contribution < 1.29 is 9.59 Å². The van der Waals surface area contributed by atoms with Crippen molar-refractivity contribution in [2.45, 2.75) is 66.1 Å². The molecule has 0 saturated heterocycles. The van der Waals surface area contributed by atoms with Crippen LogP contribution in [0.3, 0.4) is 0 Å². The summed E-state index contributed by atoms with van der Waals surface area (Å²) in [5, 5.41) is 3.04. The van der Waals surface area contributed by atoms with E-state index in [1.54, 1.807) is 0 Å². The maximum Gasteiger partial charge on any atom is 0.243 e. The molecule has 1 heterocycles. The van der Waals surface area contributed by atoms with E-state index in [1.165, 1.54) is 0 Å². The third kappa shape index (κ3) is 6.21. The number of carbonyl (C=O) groups is 2. The maximum atomic E-state index is 13.4. The maximum absolute atomic E-state index is 13.4. The zero-order valence-corrected chi connectivity index (χ0v) is 20.3. The highest BCUT2D eigenvalue weighted by Gasteiger charge is 2.21. The molecule has 6 heteroatoms. The van der Waals surface area contributed by atoms with Crippen LogP contribution in [-0.2, 0) is 29.1 Å². The Morgan fingerprint density at radius 2 is 1.67 bits per heavy atom. The molecule has 0 saturated carbocycles. The highest BCUT2D eigenvalue weighted by atomic mass is 16.2. The molecule has 0 spiro atoms. The van der Waals surface area contributed by atoms with Crippen LogP contribution in [0.25, 0.3) is 11.0 Å². The third-order valence-electron chi connectivity index (χ3n) is 6.17. The first-order valence-corrected chi connectivity index (χ1v) is 12.0. The predicted octanol–water partition coefficient (Wildman–Crippen LogP) is 4.57. The first-order valence-electron chi connectivity index (χ1n) is 12.0. The lowest BCUT2D eigenvalue weighted by Crippen LogP contribution is -2.39. The summed E-state index contributed by atoms with van der Waals surface area (Å²) < 4.78 is 2.00. The lowest BCUT2D eigenvalue weighted by atomic mass is 10.0. The molecule has 3 aromatic rings. The van der Waals surface area contributed by atoms with Crippen molar-refractivity contribution in [3.8, 4) is 0 Å². The van der Waals surface area contributed by atoms with E-state index in [4.69, 9.17) is 4.98 Å². The summed E-state index contributed by atoms with van der Waals surface area (Å²) in [5.74, 6) is 1.01. The van der Waals surface area contributed by atoms with Crippen molar-refractivity contribution >= 4 is 22.8 Å². The zero-order chi connectivity index (χ0) is 23.8. The fraction of sp³-hybridized carbons (Fsp3) is 0.444. The number of amides is 2. The van der Waals surface area contributed by atoms with Gasteiger partial charge in [0.15, 0.2) is 0 Å². The number of hydrogen-bond donors (Lipinski definition) is 1. The van der Waals surface area contributed by atoms with Crippen LogP contribution in [0.1, 0.15) is 51.9 Å². The van der Waals surface area contributed by atoms with Gasteiger partial charge in [-0.2, -0.15) is 0 Å². The van der Waals surface area contributed by atoms with Gasteiger partial charge in [0.05, 0.1) is 11.0 Å². The van der Waals surface area contributed by atoms with Crippen LogP contribution in [0, 0.1) is 5.92 Å². The molecule has 1 N–H and O–H groups in total. The average Bonchev–Trinajstić information content (AvgIpc) is 3.16. The Kier molecular flexibility index (Phi) is 8.64. The molecule has 176 valence electrons. The van der Waals surface area contributed by atoms with Gasteiger partial charge in [-0.3, -0.25) is 9.59 Å². The second kappa shape index (κ2) is 11.6. The molecule has 0 aliphatic rings. The summed E-state index contributed by atoms with van der Waals surface area (Å²) in [4.78, 5) is 32.5. The van der Waals surface area contributed by atoms with Crippen molar-refractivity contribution in [2.24, 2.45) is 5.92 Å². The highest BCUT2D eigenvalue weighted by Crippen LogP contribution is 2.18. The van der Waals surface area contributed by atoms with Crippen molar-refractivity contribution in [3.63, 3.8) is 0 Å². The fourth-order valence-corrected chi connectivity index (χ4v) is 4.16. The van der Waals surface area contributed by atoms with Gasteiger partial charge in [-0.1, -0.05) is 56.3 Å². The predicted molar refractivity (Wildman–Crippen MR) is 133 cm³/mol. The smallest absolute Gasteiger partial charge is 0.243 e. The minimum atomic E-state index is 0.0444. The fourth-order valence-electron chi connectivity index (χ4n) is 4.16. The van der Waals surface area contributed by atoms with Gasteiger partial charge in [0.2, 0.25) is 11.8 Å². The quantitative estimate of drug-likeness (QED) is 0.467. The van der Waals surface area contributed by atoms with Gasteiger partial charge < -0.3 is 14.8 Å². The third-order valence-corrected chi connectivity index (χ3v) is 6.17. The van der Waals surface area contributed by atoms with E-state index in [0.29, 0.717) is 19.5 Å². The topological polar surface area (TPSA) is 67.2 Å². The SMILES string of the molecule is CCC(CC)C(=O)NCCc1nc2ccccc2n1CC(=O)N(Cc1ccccc1)C(C)C. The number of rotatable bonds is 11. The first kappa shape index (κ1) is 24.5. The van der Waals surface area contributed by atoms with Crippen molar-refractivity contribution in [1.29, 1.82) is 0 Å². The van der Waals surface area contributed by atoms with Gasteiger partial charge in [0, 0.05) is 31.5 Å². The number of nitrogens with zero attached hydrogens (tertiary/aromatic N) is 3. The van der Waals surface area contributed by atoms with E-state index in [9.17, 15) is 9.59 Å². The van der Waals surface area contributed by atoms with Crippen LogP contribution in [0.5, 0.6) is 0 Å². The van der Waals surface area contributed by atoms with E-state index in [0.717, 1.165) is 35.3 Å². The van der Waals surface area contributed by atoms with Crippen molar-refractivity contribution in [1.82, 2.24) is 19.8 Å². The number of hydrogen-bond acceptors (Lipinski definition) is 3. The number of benzene rings is 2. The Bertz CT molecular complexity index is 1050. The van der Waals surface area contributed by atoms with Gasteiger partial charge in [-0.25, -0.2) is 4.98 Å². The summed E-state index contributed by atoms with van der Waals surface area (Å²) in [6.07, 6.45) is 2.25. The molecule has 0 radical (unpaired) electrons. The lowest BCUT2D eigenvalue weighted by Gasteiger charge is -2.27. The Hall–Kier alpha value is -3.15. The Balaban J connectivity index is 1.78. The number of nitrogens with one attached hydrogen (secondary N) is 1. The normalized spacial score (nSPS) is 11.3. The molecule has 6 nitrogen and oxygen atoms in total. The molecule has 2 aromatic carbocycles. The Labute approximate surface area is 197 Å². The summed E-state index contributed by atoms with van der Waals surface area (Å²) >= 11 is 0. The van der Waals surface area contributed by atoms with Crippen LogP contribution in [0.4, 0.5) is 0 Å². The Morgan fingerprint density at radius 3 is 2.33 bits per heavy atom. The molecule has 33 heavy (non-hydrogen) atoms. The van der Waals surface area contributed by atoms with Crippen LogP contribution < -0.4 is 5.32 Å². The summed E-state index contributed by atoms with van der Waals surface area (Å²) in [6, 6.07) is 18.0. The first-order chi connectivity index (χ1) is 15.9. The molecule has 0 aliphatic carbocycles. The largest absolute Gasteiger partial charge is 0.355 e. The minimum Gasteiger partial charge on any atom is -0.355 e. The molecule has 3 rings (SSSR count). The lowest BCUT2D eigenvalue weighted by molar-refractivity contribution is -0.134. The van der Waals surface area contributed by atoms with Gasteiger partial charge in [0.1, 0.15) is 12.4 Å². The van der Waals surface area contributed by atoms with Crippen molar-refractivity contribution in [2.75, 3.05) is 6.54 Å². The van der Waals surface area contributed by atoms with Crippen LogP contribution in [0.2, 0.25) is 0 Å². The molecule has 0 bridgehead atoms. The molecule has 0 aliphatic heterocycles. The second-order valence-corrected chi connectivity index (χ2v) is 8.76. The van der Waals surface area contributed by atoms with E-state index in [1.807, 2.05) is 91.8 Å². The van der Waals surface area contributed by atoms with Gasteiger partial charge in [-0.15, -0.1) is 0 Å². The van der Waals surface area contributed by atoms with E-state index < -0.39 is 0 Å². The summed E-state index contributed by atoms with van der Waals surface area (Å²) in [7, 11) is 0. The van der Waals surface area contributed by atoms with Gasteiger partial charge in [0.25, 0.3) is 0 Å². The standard InChI is InChI=1S/C27H36N4O2/c1-5-22(6-2)27(33)28-17-16-25-29-23-14-10-11-15-24(23)31(25)19-26(32)30(20(3)4)18-21-12-8-7-9-13-21/h7-15,20,22H,5-6,16-19H2,1-4H3,(H,28,33). The van der Waals surface area contributed by atoms with E-state index >= 15 is 0 Å². The molecule has 0 atom stereocenters. The number of aromatic nitrogens is 2. The van der Waals surface area contributed by atoms with E-state index in [-0.39, 0.29) is 30.3 Å². The number of imidazole rings is 1. The van der Waals surface area contributed by atoms with Crippen molar-refractivity contribution in [3.05, 3.63) is 66.0 Å². The number of carbonyl (C=O) groups excluding carboxylic acids is 2. The minimum absolute atomic E-state index is 0.0444. The van der Waals surface area contributed by atoms with Gasteiger partial charge in [-0.05, 0) is 44.4 Å². The summed E-state index contributed by atoms with van der Waals surface area (Å²) in [5.41, 5.74) is 2.92. The second-order valence-electron chi connectivity index (χ2n) is 8.76. The van der Waals surface area contributed by atoms with Crippen LogP contribution >= 0.6 is 0 Å². The van der Waals surface area contributed by atoms with Crippen LogP contribution in [-0.4, -0.2) is 38.9 Å². The van der Waals surface area contributed by atoms with Crippen LogP contribution in [0.15, 0.2) is 54.6 Å². The molecule has 0 fully saturated rings. The summed E-state index contributed by atoms with van der Waals surface area (Å²) in [6.45, 7) is 9.46. The number of para-hydroxylation sites is 2.